The normalized spacial score (nSPS) is 11.1. The Morgan fingerprint density at radius 2 is 1.72 bits per heavy atom. The van der Waals surface area contributed by atoms with Crippen molar-refractivity contribution in [1.29, 1.82) is 0 Å². The van der Waals surface area contributed by atoms with Crippen LogP contribution < -0.4 is 10.5 Å². The molecule has 0 radical (unpaired) electrons. The number of aryl methyl sites for hydroxylation is 1. The summed E-state index contributed by atoms with van der Waals surface area (Å²) in [6, 6.07) is 23.5. The lowest BCUT2D eigenvalue weighted by molar-refractivity contribution is 0.414. The Kier molecular flexibility index (Phi) is 5.92. The van der Waals surface area contributed by atoms with Crippen LogP contribution in [0.4, 0.5) is 0 Å². The molecule has 148 valence electrons. The maximum absolute atomic E-state index is 5.63. The van der Waals surface area contributed by atoms with E-state index in [0.717, 1.165) is 49.1 Å². The Morgan fingerprint density at radius 1 is 0.897 bits per heavy atom. The monoisotopic (exact) mass is 385 g/mol. The first-order valence-electron chi connectivity index (χ1n) is 10.1. The van der Waals surface area contributed by atoms with Gasteiger partial charge in [0.25, 0.3) is 0 Å². The molecule has 4 heteroatoms. The average molecular weight is 386 g/mol. The minimum Gasteiger partial charge on any atom is -0.497 e. The summed E-state index contributed by atoms with van der Waals surface area (Å²) in [6.45, 7) is 1.54. The first-order valence-corrected chi connectivity index (χ1v) is 10.1. The molecule has 4 aromatic rings. The van der Waals surface area contributed by atoms with Crippen molar-refractivity contribution >= 4 is 11.0 Å². The molecule has 0 aliphatic heterocycles. The molecule has 1 heterocycles. The Balaban J connectivity index is 1.60. The van der Waals surface area contributed by atoms with Gasteiger partial charge >= 0.3 is 0 Å². The van der Waals surface area contributed by atoms with Crippen molar-refractivity contribution in [3.63, 3.8) is 0 Å². The smallest absolute Gasteiger partial charge is 0.118 e. The van der Waals surface area contributed by atoms with E-state index in [9.17, 15) is 0 Å². The molecule has 0 spiro atoms. The third-order valence-corrected chi connectivity index (χ3v) is 5.31. The quantitative estimate of drug-likeness (QED) is 0.432. The Labute approximate surface area is 172 Å². The van der Waals surface area contributed by atoms with Crippen LogP contribution in [0.3, 0.4) is 0 Å². The summed E-state index contributed by atoms with van der Waals surface area (Å²) < 4.78 is 7.45. The lowest BCUT2D eigenvalue weighted by Gasteiger charge is -2.09. The number of fused-ring (bicyclic) bond motifs is 1. The summed E-state index contributed by atoms with van der Waals surface area (Å²) in [5.74, 6) is 0.873. The molecule has 2 N–H and O–H groups in total. The molecule has 4 nitrogen and oxygen atoms in total. The van der Waals surface area contributed by atoms with Crippen LogP contribution in [0, 0.1) is 0 Å². The summed E-state index contributed by atoms with van der Waals surface area (Å²) in [4.78, 5) is 4.58. The number of hydrogen-bond donors (Lipinski definition) is 1. The van der Waals surface area contributed by atoms with Gasteiger partial charge in [0.15, 0.2) is 0 Å². The van der Waals surface area contributed by atoms with E-state index in [4.69, 9.17) is 10.5 Å². The number of nitrogens with zero attached hydrogens (tertiary/aromatic N) is 2. The maximum Gasteiger partial charge on any atom is 0.118 e. The van der Waals surface area contributed by atoms with E-state index in [0.29, 0.717) is 0 Å². The highest BCUT2D eigenvalue weighted by atomic mass is 16.5. The van der Waals surface area contributed by atoms with Crippen LogP contribution in [0.2, 0.25) is 0 Å². The van der Waals surface area contributed by atoms with Crippen LogP contribution in [0.5, 0.6) is 5.75 Å². The highest BCUT2D eigenvalue weighted by Gasteiger charge is 2.07. The third-order valence-electron chi connectivity index (χ3n) is 5.31. The molecule has 1 aromatic heterocycles. The standard InChI is InChI=1S/C25H27N3O/c1-29-23-11-8-20(9-12-23)17-28-18-27-24-13-10-22(16-25(24)28)21-7-4-6-19(15-21)5-2-3-14-26/h4,6-13,15-16,18H,2-3,5,14,17,26H2,1H3. The second kappa shape index (κ2) is 8.93. The van der Waals surface area contributed by atoms with Crippen LogP contribution in [-0.2, 0) is 13.0 Å². The van der Waals surface area contributed by atoms with Gasteiger partial charge in [-0.1, -0.05) is 42.5 Å². The van der Waals surface area contributed by atoms with Gasteiger partial charge in [0, 0.05) is 6.54 Å². The average Bonchev–Trinajstić information content (AvgIpc) is 3.17. The van der Waals surface area contributed by atoms with Crippen LogP contribution in [0.15, 0.2) is 73.1 Å². The van der Waals surface area contributed by atoms with Gasteiger partial charge < -0.3 is 15.0 Å². The molecule has 0 saturated carbocycles. The Hall–Kier alpha value is -3.11. The number of methoxy groups -OCH3 is 1. The fourth-order valence-corrected chi connectivity index (χ4v) is 3.67. The number of unbranched alkanes of at least 4 members (excludes halogenated alkanes) is 1. The summed E-state index contributed by atoms with van der Waals surface area (Å²) in [5, 5.41) is 0. The van der Waals surface area contributed by atoms with Gasteiger partial charge in [0.2, 0.25) is 0 Å². The van der Waals surface area contributed by atoms with E-state index < -0.39 is 0 Å². The molecule has 0 atom stereocenters. The van der Waals surface area contributed by atoms with Crippen LogP contribution in [0.25, 0.3) is 22.2 Å². The number of rotatable bonds is 8. The molecule has 29 heavy (non-hydrogen) atoms. The summed E-state index contributed by atoms with van der Waals surface area (Å²) >= 11 is 0. The number of aromatic nitrogens is 2. The lowest BCUT2D eigenvalue weighted by Crippen LogP contribution is -1.99. The summed E-state index contributed by atoms with van der Waals surface area (Å²) in [7, 11) is 1.69. The highest BCUT2D eigenvalue weighted by Crippen LogP contribution is 2.26. The molecule has 0 fully saturated rings. The van der Waals surface area contributed by atoms with E-state index in [1.807, 2.05) is 18.5 Å². The Bertz CT molecular complexity index is 1080. The van der Waals surface area contributed by atoms with Gasteiger partial charge in [0.1, 0.15) is 5.75 Å². The van der Waals surface area contributed by atoms with Crippen molar-refractivity contribution < 1.29 is 4.74 Å². The van der Waals surface area contributed by atoms with Crippen molar-refractivity contribution in [3.05, 3.63) is 84.2 Å². The second-order valence-electron chi connectivity index (χ2n) is 7.37. The predicted molar refractivity (Wildman–Crippen MR) is 119 cm³/mol. The van der Waals surface area contributed by atoms with Crippen molar-refractivity contribution in [3.8, 4) is 16.9 Å². The molecule has 0 saturated heterocycles. The van der Waals surface area contributed by atoms with Crippen LogP contribution >= 0.6 is 0 Å². The van der Waals surface area contributed by atoms with Crippen LogP contribution in [-0.4, -0.2) is 23.2 Å². The predicted octanol–water partition coefficient (Wildman–Crippen LogP) is 5.04. The van der Waals surface area contributed by atoms with Crippen molar-refractivity contribution in [2.75, 3.05) is 13.7 Å². The number of benzene rings is 3. The molecule has 0 amide bonds. The third kappa shape index (κ3) is 4.49. The summed E-state index contributed by atoms with van der Waals surface area (Å²) in [6.07, 6.45) is 5.19. The van der Waals surface area contributed by atoms with Gasteiger partial charge in [0.05, 0.1) is 24.5 Å². The van der Waals surface area contributed by atoms with Crippen molar-refractivity contribution in [2.45, 2.75) is 25.8 Å². The fourth-order valence-electron chi connectivity index (χ4n) is 3.67. The zero-order valence-electron chi connectivity index (χ0n) is 16.8. The molecular weight excluding hydrogens is 358 g/mol. The van der Waals surface area contributed by atoms with Crippen molar-refractivity contribution in [1.82, 2.24) is 9.55 Å². The van der Waals surface area contributed by atoms with E-state index in [1.165, 1.54) is 22.3 Å². The minimum absolute atomic E-state index is 0.758. The largest absolute Gasteiger partial charge is 0.497 e. The molecule has 0 unspecified atom stereocenters. The fraction of sp³-hybridized carbons (Fsp3) is 0.240. The molecule has 4 rings (SSSR count). The second-order valence-corrected chi connectivity index (χ2v) is 7.37. The highest BCUT2D eigenvalue weighted by molar-refractivity contribution is 5.82. The van der Waals surface area contributed by atoms with Gasteiger partial charge in [-0.2, -0.15) is 0 Å². The molecule has 3 aromatic carbocycles. The van der Waals surface area contributed by atoms with Crippen LogP contribution in [0.1, 0.15) is 24.0 Å². The lowest BCUT2D eigenvalue weighted by atomic mass is 10.00. The summed E-state index contributed by atoms with van der Waals surface area (Å²) in [5.41, 5.74) is 12.8. The number of nitrogens with two attached hydrogens (primary N) is 1. The first kappa shape index (κ1) is 19.2. The van der Waals surface area contributed by atoms with Gasteiger partial charge in [-0.25, -0.2) is 4.98 Å². The van der Waals surface area contributed by atoms with Gasteiger partial charge in [-0.15, -0.1) is 0 Å². The zero-order valence-corrected chi connectivity index (χ0v) is 16.8. The number of ether oxygens (including phenoxy) is 1. The SMILES string of the molecule is COc1ccc(Cn2cnc3ccc(-c4cccc(CCCCN)c4)cc32)cc1. The molecule has 0 bridgehead atoms. The van der Waals surface area contributed by atoms with Crippen molar-refractivity contribution in [2.24, 2.45) is 5.73 Å². The Morgan fingerprint density at radius 3 is 2.52 bits per heavy atom. The van der Waals surface area contributed by atoms with E-state index in [2.05, 4.69) is 64.1 Å². The van der Waals surface area contributed by atoms with E-state index in [-0.39, 0.29) is 0 Å². The molecule has 0 aliphatic carbocycles. The number of hydrogen-bond acceptors (Lipinski definition) is 3. The minimum atomic E-state index is 0.758. The first-order chi connectivity index (χ1) is 14.3. The topological polar surface area (TPSA) is 53.1 Å². The van der Waals surface area contributed by atoms with Gasteiger partial charge in [-0.05, 0) is 72.3 Å². The number of imidazole rings is 1. The molecule has 0 aliphatic rings. The van der Waals surface area contributed by atoms with E-state index in [1.54, 1.807) is 7.11 Å². The van der Waals surface area contributed by atoms with E-state index >= 15 is 0 Å². The van der Waals surface area contributed by atoms with Gasteiger partial charge in [-0.3, -0.25) is 0 Å². The molecular formula is C25H27N3O. The zero-order chi connectivity index (χ0) is 20.1. The maximum atomic E-state index is 5.63.